The molecule has 2 heterocycles. The summed E-state index contributed by atoms with van der Waals surface area (Å²) in [7, 11) is 0. The molecule has 0 atom stereocenters. The summed E-state index contributed by atoms with van der Waals surface area (Å²) in [5, 5.41) is 9.62. The SMILES string of the molecule is c1ccc(-c2nc(-c3ccccc3)nc(-c3cccc(-c4ccc5c(c4)c4ccccc4c4cccc(-c6ccc7c(c6)oc6ccccc67)c45)c3)n2)cc1. The molecule has 0 N–H and O–H groups in total. The maximum atomic E-state index is 6.34. The second-order valence-electron chi connectivity index (χ2n) is 14.0. The lowest BCUT2D eigenvalue weighted by Crippen LogP contribution is -2.00. The Labute approximate surface area is 317 Å². The molecule has 0 bridgehead atoms. The van der Waals surface area contributed by atoms with E-state index in [0.717, 1.165) is 55.3 Å². The van der Waals surface area contributed by atoms with Crippen LogP contribution in [0.3, 0.4) is 0 Å². The molecular formula is C51H31N3O. The van der Waals surface area contributed by atoms with Crippen LogP contribution >= 0.6 is 0 Å². The Bertz CT molecular complexity index is 3200. The van der Waals surface area contributed by atoms with Crippen LogP contribution in [0.1, 0.15) is 0 Å². The van der Waals surface area contributed by atoms with E-state index in [2.05, 4.69) is 115 Å². The van der Waals surface area contributed by atoms with Crippen molar-refractivity contribution in [2.45, 2.75) is 0 Å². The van der Waals surface area contributed by atoms with Crippen molar-refractivity contribution < 1.29 is 4.42 Å². The maximum absolute atomic E-state index is 6.34. The van der Waals surface area contributed by atoms with E-state index in [1.54, 1.807) is 0 Å². The minimum atomic E-state index is 0.637. The van der Waals surface area contributed by atoms with Crippen LogP contribution in [0.4, 0.5) is 0 Å². The van der Waals surface area contributed by atoms with Gasteiger partial charge >= 0.3 is 0 Å². The molecular weight excluding hydrogens is 671 g/mol. The number of para-hydroxylation sites is 1. The number of benzene rings is 9. The number of furan rings is 1. The van der Waals surface area contributed by atoms with Crippen molar-refractivity contribution in [2.24, 2.45) is 0 Å². The number of nitrogens with zero attached hydrogens (tertiary/aromatic N) is 3. The Hall–Kier alpha value is -7.43. The molecule has 256 valence electrons. The fourth-order valence-electron chi connectivity index (χ4n) is 8.09. The average Bonchev–Trinajstić information content (AvgIpc) is 3.64. The van der Waals surface area contributed by atoms with Gasteiger partial charge in [-0.15, -0.1) is 0 Å². The highest BCUT2D eigenvalue weighted by molar-refractivity contribution is 6.29. The van der Waals surface area contributed by atoms with E-state index in [-0.39, 0.29) is 0 Å². The van der Waals surface area contributed by atoms with Gasteiger partial charge in [-0.1, -0.05) is 158 Å². The van der Waals surface area contributed by atoms with Crippen LogP contribution in [-0.2, 0) is 0 Å². The Kier molecular flexibility index (Phi) is 7.14. The third-order valence-corrected chi connectivity index (χ3v) is 10.7. The van der Waals surface area contributed by atoms with Crippen LogP contribution in [0.15, 0.2) is 192 Å². The first kappa shape index (κ1) is 31.1. The van der Waals surface area contributed by atoms with Gasteiger partial charge in [-0.25, -0.2) is 15.0 Å². The summed E-state index contributed by atoms with van der Waals surface area (Å²) >= 11 is 0. The summed E-state index contributed by atoms with van der Waals surface area (Å²) in [6, 6.07) is 65.9. The fourth-order valence-corrected chi connectivity index (χ4v) is 8.09. The Morgan fingerprint density at radius 1 is 0.273 bits per heavy atom. The fraction of sp³-hybridized carbons (Fsp3) is 0. The van der Waals surface area contributed by atoms with Crippen LogP contribution in [0.5, 0.6) is 0 Å². The van der Waals surface area contributed by atoms with Gasteiger partial charge in [-0.2, -0.15) is 0 Å². The van der Waals surface area contributed by atoms with E-state index < -0.39 is 0 Å². The van der Waals surface area contributed by atoms with Gasteiger partial charge in [0.2, 0.25) is 0 Å². The molecule has 0 aliphatic heterocycles. The molecule has 4 heteroatoms. The molecule has 0 saturated carbocycles. The molecule has 11 rings (SSSR count). The molecule has 0 spiro atoms. The zero-order valence-corrected chi connectivity index (χ0v) is 29.6. The van der Waals surface area contributed by atoms with E-state index in [1.165, 1.54) is 37.9 Å². The molecule has 0 fully saturated rings. The van der Waals surface area contributed by atoms with Crippen molar-refractivity contribution in [3.8, 4) is 56.4 Å². The highest BCUT2D eigenvalue weighted by Crippen LogP contribution is 2.43. The van der Waals surface area contributed by atoms with Crippen LogP contribution in [-0.4, -0.2) is 15.0 Å². The molecule has 11 aromatic rings. The zero-order valence-electron chi connectivity index (χ0n) is 29.6. The lowest BCUT2D eigenvalue weighted by Gasteiger charge is -2.16. The molecule has 4 nitrogen and oxygen atoms in total. The Morgan fingerprint density at radius 2 is 0.764 bits per heavy atom. The first-order valence-corrected chi connectivity index (χ1v) is 18.5. The van der Waals surface area contributed by atoms with Crippen molar-refractivity contribution >= 4 is 54.3 Å². The van der Waals surface area contributed by atoms with E-state index in [1.807, 2.05) is 72.8 Å². The molecule has 0 radical (unpaired) electrons. The van der Waals surface area contributed by atoms with Crippen molar-refractivity contribution in [1.82, 2.24) is 15.0 Å². The third kappa shape index (κ3) is 5.26. The van der Waals surface area contributed by atoms with Gasteiger partial charge in [0.25, 0.3) is 0 Å². The van der Waals surface area contributed by atoms with E-state index in [0.29, 0.717) is 17.5 Å². The van der Waals surface area contributed by atoms with E-state index in [9.17, 15) is 0 Å². The first-order chi connectivity index (χ1) is 27.2. The Balaban J connectivity index is 1.08. The van der Waals surface area contributed by atoms with E-state index >= 15 is 0 Å². The van der Waals surface area contributed by atoms with Crippen LogP contribution in [0, 0.1) is 0 Å². The molecule has 9 aromatic carbocycles. The molecule has 2 aromatic heterocycles. The smallest absolute Gasteiger partial charge is 0.164 e. The molecule has 0 unspecified atom stereocenters. The van der Waals surface area contributed by atoms with Crippen molar-refractivity contribution in [3.63, 3.8) is 0 Å². The maximum Gasteiger partial charge on any atom is 0.164 e. The van der Waals surface area contributed by atoms with Gasteiger partial charge < -0.3 is 4.42 Å². The minimum Gasteiger partial charge on any atom is -0.456 e. The predicted molar refractivity (Wildman–Crippen MR) is 227 cm³/mol. The summed E-state index contributed by atoms with van der Waals surface area (Å²) in [6.07, 6.45) is 0. The minimum absolute atomic E-state index is 0.637. The highest BCUT2D eigenvalue weighted by atomic mass is 16.3. The predicted octanol–water partition coefficient (Wildman–Crippen LogP) is 13.6. The van der Waals surface area contributed by atoms with Crippen molar-refractivity contribution in [3.05, 3.63) is 188 Å². The second-order valence-corrected chi connectivity index (χ2v) is 14.0. The van der Waals surface area contributed by atoms with Gasteiger partial charge in [-0.05, 0) is 84.9 Å². The monoisotopic (exact) mass is 701 g/mol. The van der Waals surface area contributed by atoms with Crippen molar-refractivity contribution in [1.29, 1.82) is 0 Å². The highest BCUT2D eigenvalue weighted by Gasteiger charge is 2.17. The lowest BCUT2D eigenvalue weighted by molar-refractivity contribution is 0.669. The number of rotatable bonds is 5. The topological polar surface area (TPSA) is 51.8 Å². The largest absolute Gasteiger partial charge is 0.456 e. The summed E-state index contributed by atoms with van der Waals surface area (Å²) in [4.78, 5) is 14.9. The quantitative estimate of drug-likeness (QED) is 0.168. The average molecular weight is 702 g/mol. The Morgan fingerprint density at radius 3 is 1.51 bits per heavy atom. The molecule has 0 aliphatic rings. The summed E-state index contributed by atoms with van der Waals surface area (Å²) in [5.41, 5.74) is 9.17. The van der Waals surface area contributed by atoms with Crippen LogP contribution in [0.2, 0.25) is 0 Å². The zero-order chi connectivity index (χ0) is 36.3. The number of hydrogen-bond acceptors (Lipinski definition) is 4. The van der Waals surface area contributed by atoms with Crippen LogP contribution < -0.4 is 0 Å². The summed E-state index contributed by atoms with van der Waals surface area (Å²) in [5.74, 6) is 1.93. The number of aromatic nitrogens is 3. The molecule has 0 amide bonds. The summed E-state index contributed by atoms with van der Waals surface area (Å²) < 4.78 is 6.34. The number of hydrogen-bond donors (Lipinski definition) is 0. The van der Waals surface area contributed by atoms with Gasteiger partial charge in [0.1, 0.15) is 11.2 Å². The van der Waals surface area contributed by atoms with Gasteiger partial charge in [0.05, 0.1) is 0 Å². The van der Waals surface area contributed by atoms with E-state index in [4.69, 9.17) is 19.4 Å². The second kappa shape index (κ2) is 12.6. The van der Waals surface area contributed by atoms with Gasteiger partial charge in [0, 0.05) is 27.5 Å². The third-order valence-electron chi connectivity index (χ3n) is 10.7. The standard InChI is InChI=1S/C51H31N3O/c1-3-13-32(14-4-1)49-52-50(33-15-5-2-6-16-33)54-51(53-49)37-18-11-17-34(29-37)35-25-28-44-45(30-35)40-20-8-7-19-39(40)43-23-12-22-38(48(43)44)36-26-27-42-41-21-9-10-24-46(41)55-47(42)31-36/h1-31H. The first-order valence-electron chi connectivity index (χ1n) is 18.5. The normalized spacial score (nSPS) is 11.6. The van der Waals surface area contributed by atoms with Gasteiger partial charge in [-0.3, -0.25) is 0 Å². The molecule has 0 aliphatic carbocycles. The van der Waals surface area contributed by atoms with Gasteiger partial charge in [0.15, 0.2) is 17.5 Å². The lowest BCUT2D eigenvalue weighted by atomic mass is 9.88. The van der Waals surface area contributed by atoms with Crippen LogP contribution in [0.25, 0.3) is 111 Å². The molecule has 55 heavy (non-hydrogen) atoms. The summed E-state index contributed by atoms with van der Waals surface area (Å²) in [6.45, 7) is 0. The van der Waals surface area contributed by atoms with Crippen molar-refractivity contribution in [2.75, 3.05) is 0 Å². The molecule has 0 saturated heterocycles. The number of fused-ring (bicyclic) bond motifs is 9.